The summed E-state index contributed by atoms with van der Waals surface area (Å²) in [5, 5.41) is 9.50. The zero-order chi connectivity index (χ0) is 17.4. The lowest BCUT2D eigenvalue weighted by Gasteiger charge is -2.39. The van der Waals surface area contributed by atoms with Crippen molar-refractivity contribution in [2.45, 2.75) is 32.4 Å². The van der Waals surface area contributed by atoms with Gasteiger partial charge in [0.25, 0.3) is 0 Å². The summed E-state index contributed by atoms with van der Waals surface area (Å²) in [6.45, 7) is 6.44. The van der Waals surface area contributed by atoms with Crippen molar-refractivity contribution in [1.29, 1.82) is 5.26 Å². The molecule has 0 bridgehead atoms. The van der Waals surface area contributed by atoms with Crippen molar-refractivity contribution in [2.75, 3.05) is 24.5 Å². The second kappa shape index (κ2) is 7.06. The molecule has 130 valence electrons. The maximum atomic E-state index is 9.50. The van der Waals surface area contributed by atoms with Gasteiger partial charge in [-0.15, -0.1) is 11.3 Å². The highest BCUT2D eigenvalue weighted by Crippen LogP contribution is 2.36. The Morgan fingerprint density at radius 2 is 2.20 bits per heavy atom. The van der Waals surface area contributed by atoms with Crippen LogP contribution in [0.25, 0.3) is 0 Å². The van der Waals surface area contributed by atoms with Crippen LogP contribution in [0.4, 0.5) is 5.82 Å². The molecule has 0 amide bonds. The molecule has 4 heterocycles. The molecule has 2 saturated heterocycles. The molecule has 0 radical (unpaired) electrons. The van der Waals surface area contributed by atoms with Crippen LogP contribution in [0.5, 0.6) is 0 Å². The van der Waals surface area contributed by atoms with Crippen LogP contribution < -0.4 is 4.90 Å². The number of aryl methyl sites for hydroxylation is 1. The molecule has 0 spiro atoms. The maximum Gasteiger partial charge on any atom is 0.146 e. The molecule has 2 aromatic heterocycles. The molecule has 0 N–H and O–H groups in total. The van der Waals surface area contributed by atoms with E-state index in [9.17, 15) is 5.26 Å². The van der Waals surface area contributed by atoms with E-state index < -0.39 is 0 Å². The topological polar surface area (TPSA) is 43.2 Å². The number of likely N-dealkylation sites (tertiary alicyclic amines) is 1. The molecule has 25 heavy (non-hydrogen) atoms. The van der Waals surface area contributed by atoms with Gasteiger partial charge in [0.1, 0.15) is 11.9 Å². The highest BCUT2D eigenvalue weighted by Gasteiger charge is 2.39. The number of hydrogen-bond donors (Lipinski definition) is 0. The number of pyridine rings is 1. The Balaban J connectivity index is 1.53. The van der Waals surface area contributed by atoms with E-state index in [1.54, 1.807) is 6.20 Å². The van der Waals surface area contributed by atoms with Gasteiger partial charge in [0.15, 0.2) is 0 Å². The Labute approximate surface area is 161 Å². The van der Waals surface area contributed by atoms with Gasteiger partial charge in [-0.05, 0) is 66.4 Å². The zero-order valence-electron chi connectivity index (χ0n) is 14.3. The van der Waals surface area contributed by atoms with Crippen molar-refractivity contribution in [3.05, 3.63) is 44.2 Å². The third-order valence-electron chi connectivity index (χ3n) is 5.35. The highest BCUT2D eigenvalue weighted by molar-refractivity contribution is 9.10. The normalized spacial score (nSPS) is 23.5. The minimum Gasteiger partial charge on any atom is -0.351 e. The standard InChI is InChI=1S/C19H21BrN4S/c1-13-2-3-17(25-13)11-23-6-4-14-5-7-24(18(14)12-23)19-15(9-21)8-16(20)10-22-19/h2-3,8,10,14,18H,4-7,11-12H2,1H3. The first-order valence-electron chi connectivity index (χ1n) is 8.74. The number of nitriles is 1. The molecule has 4 rings (SSSR count). The smallest absolute Gasteiger partial charge is 0.146 e. The molecule has 2 aliphatic heterocycles. The van der Waals surface area contributed by atoms with Crippen molar-refractivity contribution in [3.63, 3.8) is 0 Å². The highest BCUT2D eigenvalue weighted by atomic mass is 79.9. The lowest BCUT2D eigenvalue weighted by atomic mass is 9.92. The fourth-order valence-corrected chi connectivity index (χ4v) is 5.41. The van der Waals surface area contributed by atoms with Crippen LogP contribution in [-0.2, 0) is 6.54 Å². The number of rotatable bonds is 3. The first-order chi connectivity index (χ1) is 12.1. The Kier molecular flexibility index (Phi) is 4.81. The van der Waals surface area contributed by atoms with Crippen molar-refractivity contribution >= 4 is 33.1 Å². The summed E-state index contributed by atoms with van der Waals surface area (Å²) in [6, 6.07) is 9.12. The number of aromatic nitrogens is 1. The number of halogens is 1. The molecule has 2 aliphatic rings. The first kappa shape index (κ1) is 17.0. The van der Waals surface area contributed by atoms with Crippen LogP contribution >= 0.6 is 27.3 Å². The Bertz CT molecular complexity index is 812. The molecule has 4 nitrogen and oxygen atoms in total. The number of fused-ring (bicyclic) bond motifs is 1. The van der Waals surface area contributed by atoms with Gasteiger partial charge in [0, 0.05) is 46.1 Å². The van der Waals surface area contributed by atoms with Crippen molar-refractivity contribution in [3.8, 4) is 6.07 Å². The largest absolute Gasteiger partial charge is 0.351 e. The third-order valence-corrected chi connectivity index (χ3v) is 6.77. The summed E-state index contributed by atoms with van der Waals surface area (Å²) in [6.07, 6.45) is 4.25. The van der Waals surface area contributed by atoms with E-state index in [-0.39, 0.29) is 0 Å². The predicted octanol–water partition coefficient (Wildman–Crippen LogP) is 4.19. The van der Waals surface area contributed by atoms with E-state index in [1.807, 2.05) is 17.4 Å². The van der Waals surface area contributed by atoms with Gasteiger partial charge in [-0.2, -0.15) is 5.26 Å². The minimum absolute atomic E-state index is 0.468. The summed E-state index contributed by atoms with van der Waals surface area (Å²) in [7, 11) is 0. The van der Waals surface area contributed by atoms with Crippen LogP contribution in [-0.4, -0.2) is 35.6 Å². The van der Waals surface area contributed by atoms with E-state index in [2.05, 4.69) is 55.8 Å². The van der Waals surface area contributed by atoms with Gasteiger partial charge >= 0.3 is 0 Å². The number of hydrogen-bond acceptors (Lipinski definition) is 5. The number of piperidine rings is 1. The molecule has 2 fully saturated rings. The molecule has 0 saturated carbocycles. The summed E-state index contributed by atoms with van der Waals surface area (Å²) >= 11 is 5.32. The van der Waals surface area contributed by atoms with Gasteiger partial charge in [0.2, 0.25) is 0 Å². The van der Waals surface area contributed by atoms with E-state index in [0.717, 1.165) is 35.8 Å². The zero-order valence-corrected chi connectivity index (χ0v) is 16.7. The van der Waals surface area contributed by atoms with Gasteiger partial charge in [-0.25, -0.2) is 4.98 Å². The van der Waals surface area contributed by atoms with Crippen molar-refractivity contribution in [1.82, 2.24) is 9.88 Å². The molecular formula is C19H21BrN4S. The second-order valence-electron chi connectivity index (χ2n) is 6.98. The summed E-state index contributed by atoms with van der Waals surface area (Å²) < 4.78 is 0.863. The summed E-state index contributed by atoms with van der Waals surface area (Å²) in [5.74, 6) is 1.57. The Hall–Kier alpha value is -1.42. The molecule has 0 aromatic carbocycles. The van der Waals surface area contributed by atoms with Gasteiger partial charge in [-0.1, -0.05) is 0 Å². The second-order valence-corrected chi connectivity index (χ2v) is 9.27. The fourth-order valence-electron chi connectivity index (χ4n) is 4.15. The maximum absolute atomic E-state index is 9.50. The Morgan fingerprint density at radius 1 is 1.36 bits per heavy atom. The number of thiophene rings is 1. The van der Waals surface area contributed by atoms with Crippen LogP contribution in [0.3, 0.4) is 0 Å². The number of anilines is 1. The van der Waals surface area contributed by atoms with E-state index >= 15 is 0 Å². The molecule has 2 atom stereocenters. The van der Waals surface area contributed by atoms with E-state index in [4.69, 9.17) is 0 Å². The fraction of sp³-hybridized carbons (Fsp3) is 0.474. The molecule has 2 aromatic rings. The van der Waals surface area contributed by atoms with Crippen molar-refractivity contribution in [2.24, 2.45) is 5.92 Å². The van der Waals surface area contributed by atoms with Gasteiger partial charge < -0.3 is 4.90 Å². The average molecular weight is 417 g/mol. The van der Waals surface area contributed by atoms with E-state index in [0.29, 0.717) is 11.6 Å². The predicted molar refractivity (Wildman–Crippen MR) is 105 cm³/mol. The Morgan fingerprint density at radius 3 is 2.96 bits per heavy atom. The lowest BCUT2D eigenvalue weighted by molar-refractivity contribution is 0.168. The molecule has 2 unspecified atom stereocenters. The van der Waals surface area contributed by atoms with Crippen LogP contribution in [0.1, 0.15) is 28.2 Å². The lowest BCUT2D eigenvalue weighted by Crippen LogP contribution is -2.48. The summed E-state index contributed by atoms with van der Waals surface area (Å²) in [5.41, 5.74) is 0.668. The van der Waals surface area contributed by atoms with Crippen LogP contribution in [0.2, 0.25) is 0 Å². The quantitative estimate of drug-likeness (QED) is 0.752. The monoisotopic (exact) mass is 416 g/mol. The third kappa shape index (κ3) is 3.46. The van der Waals surface area contributed by atoms with Crippen LogP contribution in [0, 0.1) is 24.2 Å². The molecular weight excluding hydrogens is 396 g/mol. The van der Waals surface area contributed by atoms with E-state index in [1.165, 1.54) is 29.1 Å². The molecule has 6 heteroatoms. The summed E-state index contributed by atoms with van der Waals surface area (Å²) in [4.78, 5) is 12.3. The van der Waals surface area contributed by atoms with Crippen LogP contribution in [0.15, 0.2) is 28.9 Å². The van der Waals surface area contributed by atoms with Crippen molar-refractivity contribution < 1.29 is 0 Å². The SMILES string of the molecule is Cc1ccc(CN2CCC3CCN(c4ncc(Br)cc4C#N)C3C2)s1. The minimum atomic E-state index is 0.468. The van der Waals surface area contributed by atoms with Gasteiger partial charge in [-0.3, -0.25) is 4.90 Å². The molecule has 0 aliphatic carbocycles. The van der Waals surface area contributed by atoms with Gasteiger partial charge in [0.05, 0.1) is 5.56 Å². The average Bonchev–Trinajstić information content (AvgIpc) is 3.20. The number of nitrogens with zero attached hydrogens (tertiary/aromatic N) is 4. The first-order valence-corrected chi connectivity index (χ1v) is 10.3.